The topological polar surface area (TPSA) is 107 Å². The maximum atomic E-state index is 12.3. The van der Waals surface area contributed by atoms with Crippen molar-refractivity contribution in [3.8, 4) is 11.3 Å². The second-order valence-electron chi connectivity index (χ2n) is 6.30. The largest absolute Gasteiger partial charge is 0.384 e. The zero-order valence-electron chi connectivity index (χ0n) is 15.4. The van der Waals surface area contributed by atoms with Crippen molar-refractivity contribution in [1.29, 1.82) is 0 Å². The van der Waals surface area contributed by atoms with Crippen LogP contribution in [0.25, 0.3) is 11.3 Å². The maximum absolute atomic E-state index is 12.3. The van der Waals surface area contributed by atoms with E-state index in [-0.39, 0.29) is 11.8 Å². The lowest BCUT2D eigenvalue weighted by atomic mass is 10.1. The molecule has 0 spiro atoms. The molecule has 27 heavy (non-hydrogen) atoms. The summed E-state index contributed by atoms with van der Waals surface area (Å²) in [6.45, 7) is 4.37. The summed E-state index contributed by atoms with van der Waals surface area (Å²) in [5.74, 6) is 1.15. The summed E-state index contributed by atoms with van der Waals surface area (Å²) in [6.07, 6.45) is 1.89. The number of nitrogens with one attached hydrogen (secondary N) is 1. The zero-order valence-corrected chi connectivity index (χ0v) is 16.2. The van der Waals surface area contributed by atoms with E-state index in [1.165, 1.54) is 11.8 Å². The van der Waals surface area contributed by atoms with Crippen LogP contribution in [0.15, 0.2) is 46.1 Å². The number of hydrogen-bond acceptors (Lipinski definition) is 7. The van der Waals surface area contributed by atoms with Crippen LogP contribution in [0, 0.1) is 0 Å². The van der Waals surface area contributed by atoms with Crippen LogP contribution >= 0.6 is 11.8 Å². The van der Waals surface area contributed by atoms with Gasteiger partial charge in [0.15, 0.2) is 10.9 Å². The van der Waals surface area contributed by atoms with E-state index in [2.05, 4.69) is 20.4 Å². The van der Waals surface area contributed by atoms with Crippen LogP contribution in [-0.2, 0) is 6.54 Å². The highest BCUT2D eigenvalue weighted by Crippen LogP contribution is 2.22. The highest BCUT2D eigenvalue weighted by molar-refractivity contribution is 7.98. The lowest BCUT2D eigenvalue weighted by Crippen LogP contribution is -2.22. The van der Waals surface area contributed by atoms with Gasteiger partial charge in [-0.1, -0.05) is 42.9 Å². The number of carbonyl (C=O) groups excluding carboxylic acids is 1. The SMILES string of the molecule is CSc1nc(N)cc(-c2ccc(C(=O)NCc3cc(C(C)C)no3)cc2)n1. The average Bonchev–Trinajstić information content (AvgIpc) is 3.15. The highest BCUT2D eigenvalue weighted by atomic mass is 32.2. The Kier molecular flexibility index (Phi) is 5.75. The number of aromatic nitrogens is 3. The molecule has 1 aromatic carbocycles. The van der Waals surface area contributed by atoms with E-state index in [1.807, 2.05) is 38.3 Å². The van der Waals surface area contributed by atoms with E-state index in [0.717, 1.165) is 17.0 Å². The first-order valence-corrected chi connectivity index (χ1v) is 9.71. The van der Waals surface area contributed by atoms with E-state index in [0.29, 0.717) is 28.8 Å². The Balaban J connectivity index is 1.67. The summed E-state index contributed by atoms with van der Waals surface area (Å²) in [5.41, 5.74) is 8.84. The Labute approximate surface area is 161 Å². The smallest absolute Gasteiger partial charge is 0.251 e. The summed E-state index contributed by atoms with van der Waals surface area (Å²) in [7, 11) is 0. The third-order valence-electron chi connectivity index (χ3n) is 3.94. The molecule has 0 unspecified atom stereocenters. The van der Waals surface area contributed by atoms with Crippen molar-refractivity contribution in [1.82, 2.24) is 20.4 Å². The van der Waals surface area contributed by atoms with Gasteiger partial charge < -0.3 is 15.6 Å². The van der Waals surface area contributed by atoms with Crippen LogP contribution in [0.5, 0.6) is 0 Å². The molecule has 0 fully saturated rings. The molecule has 140 valence electrons. The fourth-order valence-electron chi connectivity index (χ4n) is 2.43. The monoisotopic (exact) mass is 383 g/mol. The first-order chi connectivity index (χ1) is 13.0. The van der Waals surface area contributed by atoms with Crippen LogP contribution in [0.2, 0.25) is 0 Å². The van der Waals surface area contributed by atoms with Crippen molar-refractivity contribution in [3.05, 3.63) is 53.4 Å². The number of thioether (sulfide) groups is 1. The Morgan fingerprint density at radius 3 is 2.59 bits per heavy atom. The van der Waals surface area contributed by atoms with Crippen LogP contribution in [0.4, 0.5) is 5.82 Å². The number of nitrogen functional groups attached to an aromatic ring is 1. The van der Waals surface area contributed by atoms with E-state index >= 15 is 0 Å². The Bertz CT molecular complexity index is 938. The van der Waals surface area contributed by atoms with Gasteiger partial charge in [-0.15, -0.1) is 0 Å². The normalized spacial score (nSPS) is 11.0. The number of hydrogen-bond donors (Lipinski definition) is 2. The minimum Gasteiger partial charge on any atom is -0.384 e. The number of rotatable bonds is 6. The van der Waals surface area contributed by atoms with Gasteiger partial charge in [-0.3, -0.25) is 4.79 Å². The molecule has 3 N–H and O–H groups in total. The molecular weight excluding hydrogens is 362 g/mol. The molecule has 0 atom stereocenters. The molecule has 2 aromatic heterocycles. The summed E-state index contributed by atoms with van der Waals surface area (Å²) < 4.78 is 5.23. The molecule has 0 radical (unpaired) electrons. The third-order valence-corrected chi connectivity index (χ3v) is 4.49. The number of nitrogens with two attached hydrogens (primary N) is 1. The fraction of sp³-hybridized carbons (Fsp3) is 0.263. The number of carbonyl (C=O) groups is 1. The van der Waals surface area contributed by atoms with Crippen molar-refractivity contribution in [2.75, 3.05) is 12.0 Å². The molecule has 0 aliphatic carbocycles. The molecule has 0 aliphatic rings. The van der Waals surface area contributed by atoms with E-state index in [9.17, 15) is 4.79 Å². The van der Waals surface area contributed by atoms with Gasteiger partial charge in [0.05, 0.1) is 17.9 Å². The lowest BCUT2D eigenvalue weighted by Gasteiger charge is -2.06. The van der Waals surface area contributed by atoms with Crippen molar-refractivity contribution < 1.29 is 9.32 Å². The van der Waals surface area contributed by atoms with Crippen molar-refractivity contribution in [3.63, 3.8) is 0 Å². The standard InChI is InChI=1S/C19H21N5O2S/c1-11(2)15-8-14(26-24-15)10-21-18(25)13-6-4-12(5-7-13)16-9-17(20)23-19(22-16)27-3/h4-9,11H,10H2,1-3H3,(H,21,25)(H2,20,22,23). The van der Waals surface area contributed by atoms with Crippen molar-refractivity contribution >= 4 is 23.5 Å². The van der Waals surface area contributed by atoms with E-state index in [1.54, 1.807) is 18.2 Å². The van der Waals surface area contributed by atoms with Crippen molar-refractivity contribution in [2.24, 2.45) is 0 Å². The summed E-state index contributed by atoms with van der Waals surface area (Å²) in [4.78, 5) is 20.9. The molecular formula is C19H21N5O2S. The fourth-order valence-corrected chi connectivity index (χ4v) is 2.81. The number of anilines is 1. The number of benzene rings is 1. The Morgan fingerprint density at radius 1 is 1.22 bits per heavy atom. The van der Waals surface area contributed by atoms with Gasteiger partial charge in [-0.05, 0) is 24.3 Å². The minimum absolute atomic E-state index is 0.184. The van der Waals surface area contributed by atoms with Crippen LogP contribution in [0.1, 0.15) is 41.6 Å². The van der Waals surface area contributed by atoms with Gasteiger partial charge in [0.1, 0.15) is 5.82 Å². The molecule has 8 heteroatoms. The molecule has 3 aromatic rings. The van der Waals surface area contributed by atoms with E-state index < -0.39 is 0 Å². The first-order valence-electron chi connectivity index (χ1n) is 8.49. The molecule has 0 saturated heterocycles. The first kappa shape index (κ1) is 18.9. The molecule has 1 amide bonds. The molecule has 0 aliphatic heterocycles. The third kappa shape index (κ3) is 4.65. The molecule has 2 heterocycles. The van der Waals surface area contributed by atoms with Crippen LogP contribution < -0.4 is 11.1 Å². The van der Waals surface area contributed by atoms with Crippen molar-refractivity contribution in [2.45, 2.75) is 31.5 Å². The van der Waals surface area contributed by atoms with Gasteiger partial charge >= 0.3 is 0 Å². The average molecular weight is 383 g/mol. The predicted molar refractivity (Wildman–Crippen MR) is 105 cm³/mol. The highest BCUT2D eigenvalue weighted by Gasteiger charge is 2.11. The Hall–Kier alpha value is -2.87. The second-order valence-corrected chi connectivity index (χ2v) is 7.07. The van der Waals surface area contributed by atoms with Gasteiger partial charge in [0, 0.05) is 23.3 Å². The summed E-state index contributed by atoms with van der Waals surface area (Å²) in [5, 5.41) is 7.43. The minimum atomic E-state index is -0.184. The second kappa shape index (κ2) is 8.22. The number of nitrogens with zero attached hydrogens (tertiary/aromatic N) is 3. The number of amides is 1. The molecule has 0 saturated carbocycles. The van der Waals surface area contributed by atoms with Gasteiger partial charge in [0.2, 0.25) is 0 Å². The van der Waals surface area contributed by atoms with E-state index in [4.69, 9.17) is 10.3 Å². The Morgan fingerprint density at radius 2 is 1.96 bits per heavy atom. The molecule has 0 bridgehead atoms. The lowest BCUT2D eigenvalue weighted by molar-refractivity contribution is 0.0947. The quantitative estimate of drug-likeness (QED) is 0.495. The van der Waals surface area contributed by atoms with Gasteiger partial charge in [0.25, 0.3) is 5.91 Å². The summed E-state index contributed by atoms with van der Waals surface area (Å²) in [6, 6.07) is 10.8. The maximum Gasteiger partial charge on any atom is 0.251 e. The zero-order chi connectivity index (χ0) is 19.4. The summed E-state index contributed by atoms with van der Waals surface area (Å²) >= 11 is 1.43. The molecule has 3 rings (SSSR count). The predicted octanol–water partition coefficient (Wildman–Crippen LogP) is 3.49. The van der Waals surface area contributed by atoms with Gasteiger partial charge in [-0.2, -0.15) is 0 Å². The van der Waals surface area contributed by atoms with Crippen LogP contribution in [0.3, 0.4) is 0 Å². The van der Waals surface area contributed by atoms with Gasteiger partial charge in [-0.25, -0.2) is 9.97 Å². The molecule has 7 nitrogen and oxygen atoms in total. The van der Waals surface area contributed by atoms with Crippen LogP contribution in [-0.4, -0.2) is 27.3 Å².